The smallest absolute Gasteiger partial charge is 0.264 e. The number of hydrogen-bond donors (Lipinski definition) is 1. The summed E-state index contributed by atoms with van der Waals surface area (Å²) in [6, 6.07) is 9.08. The zero-order valence-corrected chi connectivity index (χ0v) is 15.8. The number of likely N-dealkylation sites (N-methyl/N-ethyl adjacent to an activating group) is 1. The van der Waals surface area contributed by atoms with Crippen molar-refractivity contribution in [1.82, 2.24) is 0 Å². The van der Waals surface area contributed by atoms with Crippen LogP contribution in [0.25, 0.3) is 6.08 Å². The van der Waals surface area contributed by atoms with E-state index in [1.807, 2.05) is 26.0 Å². The van der Waals surface area contributed by atoms with E-state index in [-0.39, 0.29) is 18.4 Å². The summed E-state index contributed by atoms with van der Waals surface area (Å²) in [4.78, 5) is 25.6. The molecule has 0 atom stereocenters. The zero-order valence-electron chi connectivity index (χ0n) is 15.8. The van der Waals surface area contributed by atoms with Crippen molar-refractivity contribution in [2.75, 3.05) is 31.0 Å². The molecular formula is C21H22N2O4. The Morgan fingerprint density at radius 2 is 1.93 bits per heavy atom. The van der Waals surface area contributed by atoms with Crippen molar-refractivity contribution in [2.45, 2.75) is 13.8 Å². The Bertz CT molecular complexity index is 911. The second-order valence-electron chi connectivity index (χ2n) is 6.42. The lowest BCUT2D eigenvalue weighted by Gasteiger charge is -2.26. The Morgan fingerprint density at radius 3 is 2.59 bits per heavy atom. The van der Waals surface area contributed by atoms with Crippen LogP contribution in [0.5, 0.6) is 11.5 Å². The van der Waals surface area contributed by atoms with E-state index in [0.29, 0.717) is 17.1 Å². The Labute approximate surface area is 158 Å². The number of aryl methyl sites for hydroxylation is 2. The topological polar surface area (TPSA) is 67.9 Å². The van der Waals surface area contributed by atoms with Gasteiger partial charge in [-0.05, 0) is 66.9 Å². The number of carbonyl (C=O) groups is 2. The summed E-state index contributed by atoms with van der Waals surface area (Å²) in [7, 11) is 3.32. The summed E-state index contributed by atoms with van der Waals surface area (Å²) in [5, 5.41) is 2.82. The molecule has 0 spiro atoms. The second-order valence-corrected chi connectivity index (χ2v) is 6.42. The molecule has 1 aliphatic heterocycles. The standard InChI is InChI=1S/C21H22N2O4/c1-13-9-16(26-4)10-14(2)17(13)6-8-20(24)22-15-5-7-19-18(11-15)23(3)21(25)12-27-19/h5-11H,12H2,1-4H3,(H,22,24)/b8-6+. The van der Waals surface area contributed by atoms with Crippen LogP contribution in [0, 0.1) is 13.8 Å². The van der Waals surface area contributed by atoms with Crippen molar-refractivity contribution in [3.8, 4) is 11.5 Å². The third kappa shape index (κ3) is 3.95. The van der Waals surface area contributed by atoms with Crippen LogP contribution in [0.2, 0.25) is 0 Å². The molecule has 140 valence electrons. The fourth-order valence-electron chi connectivity index (χ4n) is 3.01. The monoisotopic (exact) mass is 366 g/mol. The van der Waals surface area contributed by atoms with Gasteiger partial charge in [0.25, 0.3) is 5.91 Å². The molecule has 0 aliphatic carbocycles. The molecule has 0 fully saturated rings. The van der Waals surface area contributed by atoms with Crippen LogP contribution in [0.1, 0.15) is 16.7 Å². The van der Waals surface area contributed by atoms with E-state index < -0.39 is 0 Å². The number of rotatable bonds is 4. The molecule has 0 radical (unpaired) electrons. The lowest BCUT2D eigenvalue weighted by molar-refractivity contribution is -0.121. The number of ether oxygens (including phenoxy) is 2. The number of nitrogens with zero attached hydrogens (tertiary/aromatic N) is 1. The Hall–Kier alpha value is -3.28. The lowest BCUT2D eigenvalue weighted by atomic mass is 10.0. The molecule has 27 heavy (non-hydrogen) atoms. The van der Waals surface area contributed by atoms with Gasteiger partial charge in [0.05, 0.1) is 12.8 Å². The van der Waals surface area contributed by atoms with E-state index in [1.165, 1.54) is 11.0 Å². The normalized spacial score (nSPS) is 13.3. The Balaban J connectivity index is 1.75. The van der Waals surface area contributed by atoms with Crippen LogP contribution < -0.4 is 19.7 Å². The van der Waals surface area contributed by atoms with Gasteiger partial charge in [-0.25, -0.2) is 0 Å². The molecular weight excluding hydrogens is 344 g/mol. The van der Waals surface area contributed by atoms with Crippen LogP contribution >= 0.6 is 0 Å². The SMILES string of the molecule is COc1cc(C)c(/C=C/C(=O)Nc2ccc3c(c2)N(C)C(=O)CO3)c(C)c1. The summed E-state index contributed by atoms with van der Waals surface area (Å²) < 4.78 is 10.6. The molecule has 2 aromatic rings. The highest BCUT2D eigenvalue weighted by Crippen LogP contribution is 2.33. The number of carbonyl (C=O) groups excluding carboxylic acids is 2. The average molecular weight is 366 g/mol. The number of nitrogens with one attached hydrogen (secondary N) is 1. The molecule has 3 rings (SSSR count). The quantitative estimate of drug-likeness (QED) is 0.843. The van der Waals surface area contributed by atoms with Crippen LogP contribution in [0.4, 0.5) is 11.4 Å². The average Bonchev–Trinajstić information content (AvgIpc) is 2.64. The predicted octanol–water partition coefficient (Wildman–Crippen LogP) is 3.32. The summed E-state index contributed by atoms with van der Waals surface area (Å²) in [6.07, 6.45) is 3.28. The van der Waals surface area contributed by atoms with E-state index >= 15 is 0 Å². The van der Waals surface area contributed by atoms with Gasteiger partial charge in [-0.1, -0.05) is 0 Å². The van der Waals surface area contributed by atoms with Gasteiger partial charge in [-0.2, -0.15) is 0 Å². The van der Waals surface area contributed by atoms with E-state index in [1.54, 1.807) is 38.4 Å². The highest BCUT2D eigenvalue weighted by Gasteiger charge is 2.22. The molecule has 2 amide bonds. The molecule has 1 heterocycles. The summed E-state index contributed by atoms with van der Waals surface area (Å²) in [5.74, 6) is 1.03. The Kier molecular flexibility index (Phi) is 5.16. The summed E-state index contributed by atoms with van der Waals surface area (Å²) >= 11 is 0. The molecule has 1 N–H and O–H groups in total. The number of methoxy groups -OCH3 is 1. The van der Waals surface area contributed by atoms with Crippen LogP contribution in [0.3, 0.4) is 0 Å². The molecule has 1 aliphatic rings. The van der Waals surface area contributed by atoms with Gasteiger partial charge >= 0.3 is 0 Å². The van der Waals surface area contributed by atoms with Gasteiger partial charge in [-0.15, -0.1) is 0 Å². The van der Waals surface area contributed by atoms with Crippen molar-refractivity contribution in [2.24, 2.45) is 0 Å². The van der Waals surface area contributed by atoms with Gasteiger partial charge in [0.2, 0.25) is 5.91 Å². The van der Waals surface area contributed by atoms with Crippen LogP contribution in [-0.2, 0) is 9.59 Å². The van der Waals surface area contributed by atoms with Gasteiger partial charge in [-0.3, -0.25) is 9.59 Å². The minimum Gasteiger partial charge on any atom is -0.497 e. The number of benzene rings is 2. The van der Waals surface area contributed by atoms with Gasteiger partial charge in [0.1, 0.15) is 11.5 Å². The molecule has 0 unspecified atom stereocenters. The maximum absolute atomic E-state index is 12.3. The van der Waals surface area contributed by atoms with Gasteiger partial charge in [0.15, 0.2) is 6.61 Å². The summed E-state index contributed by atoms with van der Waals surface area (Å²) in [5.41, 5.74) is 4.27. The maximum Gasteiger partial charge on any atom is 0.264 e. The van der Waals surface area contributed by atoms with E-state index in [0.717, 1.165) is 22.4 Å². The third-order valence-corrected chi connectivity index (χ3v) is 4.52. The minimum absolute atomic E-state index is 0.0263. The van der Waals surface area contributed by atoms with E-state index in [4.69, 9.17) is 9.47 Å². The number of anilines is 2. The highest BCUT2D eigenvalue weighted by atomic mass is 16.5. The highest BCUT2D eigenvalue weighted by molar-refractivity contribution is 6.03. The predicted molar refractivity (Wildman–Crippen MR) is 105 cm³/mol. The first-order chi connectivity index (χ1) is 12.9. The van der Waals surface area contributed by atoms with Crippen LogP contribution in [-0.4, -0.2) is 32.6 Å². The fourth-order valence-corrected chi connectivity index (χ4v) is 3.01. The first-order valence-corrected chi connectivity index (χ1v) is 8.56. The zero-order chi connectivity index (χ0) is 19.6. The first kappa shape index (κ1) is 18.5. The Morgan fingerprint density at radius 1 is 1.22 bits per heavy atom. The molecule has 0 saturated heterocycles. The number of hydrogen-bond acceptors (Lipinski definition) is 4. The third-order valence-electron chi connectivity index (χ3n) is 4.52. The van der Waals surface area contributed by atoms with Crippen LogP contribution in [0.15, 0.2) is 36.4 Å². The molecule has 6 heteroatoms. The van der Waals surface area contributed by atoms with Crippen molar-refractivity contribution in [3.63, 3.8) is 0 Å². The maximum atomic E-state index is 12.3. The fraction of sp³-hybridized carbons (Fsp3) is 0.238. The van der Waals surface area contributed by atoms with Crippen molar-refractivity contribution < 1.29 is 19.1 Å². The number of amides is 2. The van der Waals surface area contributed by atoms with Crippen molar-refractivity contribution in [3.05, 3.63) is 53.1 Å². The molecule has 0 bridgehead atoms. The molecule has 6 nitrogen and oxygen atoms in total. The first-order valence-electron chi connectivity index (χ1n) is 8.56. The largest absolute Gasteiger partial charge is 0.497 e. The molecule has 0 aromatic heterocycles. The summed E-state index contributed by atoms with van der Waals surface area (Å²) in [6.45, 7) is 3.98. The van der Waals surface area contributed by atoms with E-state index in [9.17, 15) is 9.59 Å². The van der Waals surface area contributed by atoms with E-state index in [2.05, 4.69) is 5.32 Å². The molecule has 0 saturated carbocycles. The second kappa shape index (κ2) is 7.53. The van der Waals surface area contributed by atoms with Gasteiger partial charge in [0, 0.05) is 18.8 Å². The molecule has 2 aromatic carbocycles. The van der Waals surface area contributed by atoms with Gasteiger partial charge < -0.3 is 19.7 Å². The van der Waals surface area contributed by atoms with Crippen molar-refractivity contribution in [1.29, 1.82) is 0 Å². The lowest BCUT2D eigenvalue weighted by Crippen LogP contribution is -2.35. The minimum atomic E-state index is -0.254. The van der Waals surface area contributed by atoms with Crippen molar-refractivity contribution >= 4 is 29.3 Å². The number of fused-ring (bicyclic) bond motifs is 1.